The minimum atomic E-state index is -0.338. The number of piperidine rings is 1. The van der Waals surface area contributed by atoms with Gasteiger partial charge in [-0.25, -0.2) is 4.79 Å². The molecular formula is C20H23N3O3. The number of ether oxygens (including phenoxy) is 1. The maximum Gasteiger partial charge on any atom is 0.323 e. The third-order valence-corrected chi connectivity index (χ3v) is 4.36. The summed E-state index contributed by atoms with van der Waals surface area (Å²) in [6.45, 7) is 2.65. The number of nitrogens with zero attached hydrogens (tertiary/aromatic N) is 1. The van der Waals surface area contributed by atoms with E-state index in [1.54, 1.807) is 30.2 Å². The van der Waals surface area contributed by atoms with Crippen LogP contribution in [0, 0.1) is 6.92 Å². The number of benzene rings is 2. The van der Waals surface area contributed by atoms with E-state index >= 15 is 0 Å². The van der Waals surface area contributed by atoms with Gasteiger partial charge in [0.1, 0.15) is 5.75 Å². The van der Waals surface area contributed by atoms with E-state index in [2.05, 4.69) is 10.6 Å². The Morgan fingerprint density at radius 1 is 1.04 bits per heavy atom. The van der Waals surface area contributed by atoms with Crippen molar-refractivity contribution in [2.45, 2.75) is 26.2 Å². The van der Waals surface area contributed by atoms with Gasteiger partial charge in [0, 0.05) is 24.3 Å². The van der Waals surface area contributed by atoms with Crippen LogP contribution in [0.4, 0.5) is 21.9 Å². The third-order valence-electron chi connectivity index (χ3n) is 4.36. The molecule has 0 spiro atoms. The fourth-order valence-electron chi connectivity index (χ4n) is 2.97. The zero-order valence-corrected chi connectivity index (χ0v) is 15.0. The van der Waals surface area contributed by atoms with Crippen molar-refractivity contribution >= 4 is 29.0 Å². The Morgan fingerprint density at radius 3 is 2.42 bits per heavy atom. The van der Waals surface area contributed by atoms with E-state index in [-0.39, 0.29) is 11.9 Å². The van der Waals surface area contributed by atoms with Crippen molar-refractivity contribution in [3.8, 4) is 5.75 Å². The lowest BCUT2D eigenvalue weighted by molar-refractivity contribution is -0.119. The zero-order valence-electron chi connectivity index (χ0n) is 15.0. The van der Waals surface area contributed by atoms with Crippen molar-refractivity contribution in [2.75, 3.05) is 29.2 Å². The van der Waals surface area contributed by atoms with Crippen molar-refractivity contribution in [1.82, 2.24) is 0 Å². The van der Waals surface area contributed by atoms with Gasteiger partial charge in [-0.15, -0.1) is 0 Å². The Kier molecular flexibility index (Phi) is 5.41. The topological polar surface area (TPSA) is 70.7 Å². The first kappa shape index (κ1) is 17.8. The number of amides is 3. The van der Waals surface area contributed by atoms with Gasteiger partial charge in [-0.05, 0) is 50.1 Å². The first-order valence-corrected chi connectivity index (χ1v) is 8.70. The normalized spacial score (nSPS) is 14.1. The average molecular weight is 353 g/mol. The van der Waals surface area contributed by atoms with E-state index in [1.165, 1.54) is 0 Å². The largest absolute Gasteiger partial charge is 0.495 e. The molecule has 1 aliphatic heterocycles. The van der Waals surface area contributed by atoms with Crippen LogP contribution >= 0.6 is 0 Å². The van der Waals surface area contributed by atoms with Crippen molar-refractivity contribution in [3.05, 3.63) is 48.0 Å². The Balaban J connectivity index is 1.75. The van der Waals surface area contributed by atoms with Crippen molar-refractivity contribution < 1.29 is 14.3 Å². The fraction of sp³-hybridized carbons (Fsp3) is 0.300. The highest BCUT2D eigenvalue weighted by Gasteiger charge is 2.23. The summed E-state index contributed by atoms with van der Waals surface area (Å²) >= 11 is 0. The lowest BCUT2D eigenvalue weighted by Gasteiger charge is -2.28. The molecule has 0 bridgehead atoms. The van der Waals surface area contributed by atoms with Gasteiger partial charge in [0.2, 0.25) is 5.91 Å². The van der Waals surface area contributed by atoms with Gasteiger partial charge >= 0.3 is 6.03 Å². The van der Waals surface area contributed by atoms with Crippen molar-refractivity contribution in [3.63, 3.8) is 0 Å². The summed E-state index contributed by atoms with van der Waals surface area (Å²) < 4.78 is 5.39. The number of aryl methyl sites for hydroxylation is 1. The molecule has 0 radical (unpaired) electrons. The van der Waals surface area contributed by atoms with Crippen LogP contribution in [0.15, 0.2) is 42.5 Å². The monoisotopic (exact) mass is 353 g/mol. The van der Waals surface area contributed by atoms with Crippen molar-refractivity contribution in [1.29, 1.82) is 0 Å². The highest BCUT2D eigenvalue weighted by atomic mass is 16.5. The molecule has 0 unspecified atom stereocenters. The van der Waals surface area contributed by atoms with Crippen LogP contribution in [0.3, 0.4) is 0 Å². The van der Waals surface area contributed by atoms with Crippen LogP contribution in [0.2, 0.25) is 0 Å². The molecule has 1 aliphatic rings. The fourth-order valence-corrected chi connectivity index (χ4v) is 2.97. The average Bonchev–Trinajstić information content (AvgIpc) is 2.64. The smallest absolute Gasteiger partial charge is 0.323 e. The SMILES string of the molecule is COc1ccc(NC(=O)Nc2ccc(C)cc2)cc1N1CCCCC1=O. The zero-order chi connectivity index (χ0) is 18.5. The summed E-state index contributed by atoms with van der Waals surface area (Å²) in [6, 6.07) is 12.5. The van der Waals surface area contributed by atoms with E-state index in [1.807, 2.05) is 31.2 Å². The number of hydrogen-bond donors (Lipinski definition) is 2. The van der Waals surface area contributed by atoms with Crippen LogP contribution in [-0.2, 0) is 4.79 Å². The Bertz CT molecular complexity index is 802. The number of methoxy groups -OCH3 is 1. The maximum absolute atomic E-state index is 12.2. The first-order chi connectivity index (χ1) is 12.6. The number of nitrogens with one attached hydrogen (secondary N) is 2. The molecule has 1 saturated heterocycles. The van der Waals surface area contributed by atoms with E-state index < -0.39 is 0 Å². The molecule has 2 N–H and O–H groups in total. The van der Waals surface area contributed by atoms with Crippen LogP contribution in [0.1, 0.15) is 24.8 Å². The lowest BCUT2D eigenvalue weighted by atomic mass is 10.1. The summed E-state index contributed by atoms with van der Waals surface area (Å²) in [7, 11) is 1.57. The third kappa shape index (κ3) is 4.14. The molecule has 2 aromatic rings. The highest BCUT2D eigenvalue weighted by molar-refractivity contribution is 6.01. The van der Waals surface area contributed by atoms with E-state index in [9.17, 15) is 9.59 Å². The Hall–Kier alpha value is -3.02. The Morgan fingerprint density at radius 2 is 1.73 bits per heavy atom. The minimum absolute atomic E-state index is 0.0795. The van der Waals surface area contributed by atoms with Gasteiger partial charge in [-0.1, -0.05) is 17.7 Å². The predicted octanol–water partition coefficient (Wildman–Crippen LogP) is 4.16. The van der Waals surface area contributed by atoms with Crippen LogP contribution < -0.4 is 20.3 Å². The van der Waals surface area contributed by atoms with Crippen LogP contribution in [-0.4, -0.2) is 25.6 Å². The molecule has 0 aliphatic carbocycles. The summed E-state index contributed by atoms with van der Waals surface area (Å²) in [4.78, 5) is 26.2. The van der Waals surface area contributed by atoms with E-state index in [4.69, 9.17) is 4.74 Å². The summed E-state index contributed by atoms with van der Waals surface area (Å²) in [6.07, 6.45) is 2.41. The molecule has 0 saturated carbocycles. The second-order valence-electron chi connectivity index (χ2n) is 6.33. The first-order valence-electron chi connectivity index (χ1n) is 8.70. The summed E-state index contributed by atoms with van der Waals surface area (Å²) in [5, 5.41) is 5.60. The van der Waals surface area contributed by atoms with Gasteiger partial charge in [-0.3, -0.25) is 4.79 Å². The minimum Gasteiger partial charge on any atom is -0.495 e. The van der Waals surface area contributed by atoms with Crippen molar-refractivity contribution in [2.24, 2.45) is 0 Å². The Labute approximate surface area is 153 Å². The maximum atomic E-state index is 12.2. The standard InChI is InChI=1S/C20H23N3O3/c1-14-6-8-15(9-7-14)21-20(25)22-16-10-11-18(26-2)17(13-16)23-12-4-3-5-19(23)24/h6-11,13H,3-5,12H2,1-2H3,(H2,21,22,25). The van der Waals surface area contributed by atoms with Gasteiger partial charge in [0.05, 0.1) is 12.8 Å². The van der Waals surface area contributed by atoms with Gasteiger partial charge < -0.3 is 20.3 Å². The van der Waals surface area contributed by atoms with Gasteiger partial charge in [0.15, 0.2) is 0 Å². The molecule has 1 heterocycles. The molecular weight excluding hydrogens is 330 g/mol. The number of rotatable bonds is 4. The summed E-state index contributed by atoms with van der Waals surface area (Å²) in [5.74, 6) is 0.695. The molecule has 6 heteroatoms. The molecule has 3 amide bonds. The molecule has 1 fully saturated rings. The van der Waals surface area contributed by atoms with E-state index in [0.717, 1.165) is 18.4 Å². The summed E-state index contributed by atoms with van der Waals surface area (Å²) in [5.41, 5.74) is 3.13. The quantitative estimate of drug-likeness (QED) is 0.867. The van der Waals surface area contributed by atoms with Crippen LogP contribution in [0.25, 0.3) is 0 Å². The highest BCUT2D eigenvalue weighted by Crippen LogP contribution is 2.33. The van der Waals surface area contributed by atoms with Crippen LogP contribution in [0.5, 0.6) is 5.75 Å². The number of carbonyl (C=O) groups is 2. The molecule has 136 valence electrons. The number of carbonyl (C=O) groups excluding carboxylic acids is 2. The number of urea groups is 1. The second kappa shape index (κ2) is 7.91. The molecule has 2 aromatic carbocycles. The molecule has 0 atom stereocenters. The molecule has 0 aromatic heterocycles. The molecule has 3 rings (SSSR count). The number of anilines is 3. The molecule has 26 heavy (non-hydrogen) atoms. The second-order valence-corrected chi connectivity index (χ2v) is 6.33. The van der Waals surface area contributed by atoms with Gasteiger partial charge in [-0.2, -0.15) is 0 Å². The lowest BCUT2D eigenvalue weighted by Crippen LogP contribution is -2.35. The van der Waals surface area contributed by atoms with E-state index in [0.29, 0.717) is 35.8 Å². The van der Waals surface area contributed by atoms with Gasteiger partial charge in [0.25, 0.3) is 0 Å². The predicted molar refractivity (Wildman–Crippen MR) is 103 cm³/mol. The molecule has 6 nitrogen and oxygen atoms in total. The number of hydrogen-bond acceptors (Lipinski definition) is 3.